The highest BCUT2D eigenvalue weighted by Crippen LogP contribution is 2.15. The van der Waals surface area contributed by atoms with Crippen molar-refractivity contribution in [2.45, 2.75) is 25.4 Å². The highest BCUT2D eigenvalue weighted by atomic mass is 16.4. The molecule has 8 nitrogen and oxygen atoms in total. The summed E-state index contributed by atoms with van der Waals surface area (Å²) < 4.78 is 0. The zero-order valence-corrected chi connectivity index (χ0v) is 9.10. The van der Waals surface area contributed by atoms with Crippen LogP contribution in [-0.4, -0.2) is 40.9 Å². The van der Waals surface area contributed by atoms with Gasteiger partial charge < -0.3 is 16.2 Å². The smallest absolute Gasteiger partial charge is 0.327 e. The van der Waals surface area contributed by atoms with Crippen LogP contribution in [0.4, 0.5) is 0 Å². The molecule has 1 heterocycles. The van der Waals surface area contributed by atoms with Crippen LogP contribution in [0.2, 0.25) is 0 Å². The Morgan fingerprint density at radius 3 is 2.47 bits per heavy atom. The fourth-order valence-electron chi connectivity index (χ4n) is 1.46. The van der Waals surface area contributed by atoms with Gasteiger partial charge in [0, 0.05) is 6.42 Å². The molecule has 1 aliphatic heterocycles. The van der Waals surface area contributed by atoms with E-state index >= 15 is 0 Å². The van der Waals surface area contributed by atoms with Crippen molar-refractivity contribution in [1.29, 1.82) is 0 Å². The van der Waals surface area contributed by atoms with Gasteiger partial charge in [0.2, 0.25) is 17.7 Å². The monoisotopic (exact) mass is 243 g/mol. The Morgan fingerprint density at radius 1 is 1.53 bits per heavy atom. The molecule has 0 aromatic rings. The highest BCUT2D eigenvalue weighted by Gasteiger charge is 2.41. The van der Waals surface area contributed by atoms with Crippen molar-refractivity contribution in [3.8, 4) is 0 Å². The van der Waals surface area contributed by atoms with Gasteiger partial charge in [-0.3, -0.25) is 19.7 Å². The standard InChI is InChI=1S/C9H13N3O5/c1-3(10)7(14)12-6(9(16)17)4-2-5(13)11-8(4)15/h3-4,6H,2,10H2,1H3,(H,12,14)(H,16,17)(H,11,13,15)/t3-,4?,6?/m0/s1. The molecular formula is C9H13N3O5. The molecule has 3 atom stereocenters. The van der Waals surface area contributed by atoms with Crippen molar-refractivity contribution in [3.05, 3.63) is 0 Å². The van der Waals surface area contributed by atoms with Crippen molar-refractivity contribution < 1.29 is 24.3 Å². The molecule has 5 N–H and O–H groups in total. The Labute approximate surface area is 96.5 Å². The van der Waals surface area contributed by atoms with E-state index in [-0.39, 0.29) is 6.42 Å². The van der Waals surface area contributed by atoms with E-state index in [1.54, 1.807) is 0 Å². The van der Waals surface area contributed by atoms with Crippen molar-refractivity contribution in [3.63, 3.8) is 0 Å². The maximum Gasteiger partial charge on any atom is 0.327 e. The minimum atomic E-state index is -1.44. The van der Waals surface area contributed by atoms with E-state index < -0.39 is 41.7 Å². The van der Waals surface area contributed by atoms with Crippen LogP contribution in [-0.2, 0) is 19.2 Å². The first-order valence-corrected chi connectivity index (χ1v) is 4.95. The van der Waals surface area contributed by atoms with E-state index in [0.717, 1.165) is 0 Å². The molecule has 94 valence electrons. The van der Waals surface area contributed by atoms with Crippen LogP contribution < -0.4 is 16.4 Å². The number of carbonyl (C=O) groups is 4. The van der Waals surface area contributed by atoms with Crippen LogP contribution in [0.1, 0.15) is 13.3 Å². The Morgan fingerprint density at radius 2 is 2.12 bits per heavy atom. The van der Waals surface area contributed by atoms with E-state index in [4.69, 9.17) is 10.8 Å². The molecule has 0 bridgehead atoms. The van der Waals surface area contributed by atoms with Gasteiger partial charge in [0.15, 0.2) is 0 Å². The molecule has 1 rings (SSSR count). The first kappa shape index (κ1) is 13.1. The summed E-state index contributed by atoms with van der Waals surface area (Å²) in [6.07, 6.45) is -0.255. The second-order valence-corrected chi connectivity index (χ2v) is 3.84. The second-order valence-electron chi connectivity index (χ2n) is 3.84. The average Bonchev–Trinajstić information content (AvgIpc) is 2.53. The maximum atomic E-state index is 11.3. The summed E-state index contributed by atoms with van der Waals surface area (Å²) >= 11 is 0. The van der Waals surface area contributed by atoms with E-state index in [0.29, 0.717) is 0 Å². The molecule has 0 saturated carbocycles. The number of carboxylic acids is 1. The molecule has 0 aromatic carbocycles. The lowest BCUT2D eigenvalue weighted by Crippen LogP contribution is -2.52. The molecule has 1 saturated heterocycles. The number of amides is 3. The van der Waals surface area contributed by atoms with Crippen LogP contribution in [0, 0.1) is 5.92 Å². The van der Waals surface area contributed by atoms with Gasteiger partial charge in [-0.05, 0) is 6.92 Å². The lowest BCUT2D eigenvalue weighted by molar-refractivity contribution is -0.145. The third-order valence-corrected chi connectivity index (χ3v) is 2.38. The molecule has 3 amide bonds. The Hall–Kier alpha value is -1.96. The topological polar surface area (TPSA) is 139 Å². The number of aliphatic carboxylic acids is 1. The van der Waals surface area contributed by atoms with Crippen molar-refractivity contribution in [2.75, 3.05) is 0 Å². The minimum Gasteiger partial charge on any atom is -0.480 e. The maximum absolute atomic E-state index is 11.3. The van der Waals surface area contributed by atoms with Gasteiger partial charge in [0.05, 0.1) is 12.0 Å². The van der Waals surface area contributed by atoms with E-state index in [9.17, 15) is 19.2 Å². The Kier molecular flexibility index (Phi) is 3.79. The second kappa shape index (κ2) is 4.91. The number of hydrogen-bond donors (Lipinski definition) is 4. The SMILES string of the molecule is C[C@H](N)C(=O)NC(C(=O)O)C1CC(=O)NC1=O. The molecule has 1 fully saturated rings. The van der Waals surface area contributed by atoms with Crippen molar-refractivity contribution >= 4 is 23.7 Å². The zero-order chi connectivity index (χ0) is 13.2. The summed E-state index contributed by atoms with van der Waals surface area (Å²) in [6.45, 7) is 1.38. The number of carbonyl (C=O) groups excluding carboxylic acids is 3. The molecule has 0 spiro atoms. The molecule has 0 aliphatic carbocycles. The van der Waals surface area contributed by atoms with Gasteiger partial charge in [-0.2, -0.15) is 0 Å². The van der Waals surface area contributed by atoms with Gasteiger partial charge >= 0.3 is 5.97 Å². The summed E-state index contributed by atoms with van der Waals surface area (Å²) in [6, 6.07) is -2.34. The zero-order valence-electron chi connectivity index (χ0n) is 9.10. The van der Waals surface area contributed by atoms with Gasteiger partial charge in [-0.1, -0.05) is 0 Å². The normalized spacial score (nSPS) is 22.8. The molecule has 8 heteroatoms. The molecule has 17 heavy (non-hydrogen) atoms. The molecular weight excluding hydrogens is 230 g/mol. The molecule has 0 aromatic heterocycles. The first-order chi connectivity index (χ1) is 7.82. The predicted octanol–water partition coefficient (Wildman–Crippen LogP) is -2.43. The van der Waals surface area contributed by atoms with Crippen LogP contribution in [0.3, 0.4) is 0 Å². The number of imide groups is 1. The minimum absolute atomic E-state index is 0.255. The fraction of sp³-hybridized carbons (Fsp3) is 0.556. The number of rotatable bonds is 4. The highest BCUT2D eigenvalue weighted by molar-refractivity contribution is 6.06. The summed E-state index contributed by atoms with van der Waals surface area (Å²) in [5.74, 6) is -4.42. The fourth-order valence-corrected chi connectivity index (χ4v) is 1.46. The van der Waals surface area contributed by atoms with Crippen LogP contribution in [0.5, 0.6) is 0 Å². The summed E-state index contributed by atoms with van der Waals surface area (Å²) in [7, 11) is 0. The lowest BCUT2D eigenvalue weighted by Gasteiger charge is -2.19. The summed E-state index contributed by atoms with van der Waals surface area (Å²) in [5.41, 5.74) is 5.27. The molecule has 2 unspecified atom stereocenters. The van der Waals surface area contributed by atoms with Crippen LogP contribution in [0.15, 0.2) is 0 Å². The Balaban J connectivity index is 2.80. The van der Waals surface area contributed by atoms with Gasteiger partial charge in [0.25, 0.3) is 0 Å². The summed E-state index contributed by atoms with van der Waals surface area (Å²) in [4.78, 5) is 44.5. The number of nitrogens with one attached hydrogen (secondary N) is 2. The van der Waals surface area contributed by atoms with Gasteiger partial charge in [0.1, 0.15) is 6.04 Å². The average molecular weight is 243 g/mol. The number of hydrogen-bond acceptors (Lipinski definition) is 5. The van der Waals surface area contributed by atoms with E-state index in [2.05, 4.69) is 5.32 Å². The third-order valence-electron chi connectivity index (χ3n) is 2.38. The number of nitrogens with two attached hydrogens (primary N) is 1. The number of carboxylic acid groups (broad SMARTS) is 1. The first-order valence-electron chi connectivity index (χ1n) is 4.95. The Bertz CT molecular complexity index is 379. The van der Waals surface area contributed by atoms with E-state index in [1.807, 2.05) is 5.32 Å². The van der Waals surface area contributed by atoms with Gasteiger partial charge in [-0.15, -0.1) is 0 Å². The predicted molar refractivity (Wildman–Crippen MR) is 54.5 cm³/mol. The lowest BCUT2D eigenvalue weighted by atomic mass is 9.98. The molecule has 1 aliphatic rings. The summed E-state index contributed by atoms with van der Waals surface area (Å²) in [5, 5.41) is 13.0. The van der Waals surface area contributed by atoms with E-state index in [1.165, 1.54) is 6.92 Å². The largest absolute Gasteiger partial charge is 0.480 e. The third kappa shape index (κ3) is 3.00. The van der Waals surface area contributed by atoms with Crippen LogP contribution in [0.25, 0.3) is 0 Å². The van der Waals surface area contributed by atoms with Crippen molar-refractivity contribution in [1.82, 2.24) is 10.6 Å². The quantitative estimate of drug-likeness (QED) is 0.405. The van der Waals surface area contributed by atoms with Gasteiger partial charge in [-0.25, -0.2) is 4.79 Å². The van der Waals surface area contributed by atoms with Crippen LogP contribution >= 0.6 is 0 Å². The molecule has 0 radical (unpaired) electrons. The van der Waals surface area contributed by atoms with Crippen molar-refractivity contribution in [2.24, 2.45) is 11.7 Å².